The summed E-state index contributed by atoms with van der Waals surface area (Å²) in [6.45, 7) is 5.50. The van der Waals surface area contributed by atoms with E-state index in [0.717, 1.165) is 0 Å². The molecule has 0 aliphatic heterocycles. The molecule has 0 heterocycles. The lowest BCUT2D eigenvalue weighted by Crippen LogP contribution is -2.45. The van der Waals surface area contributed by atoms with Crippen LogP contribution in [0, 0.1) is 5.92 Å². The minimum absolute atomic E-state index is 0.0878. The highest BCUT2D eigenvalue weighted by atomic mass is 32.2. The van der Waals surface area contributed by atoms with E-state index < -0.39 is 40.0 Å². The number of carbonyl (C=O) groups is 3. The van der Waals surface area contributed by atoms with Crippen LogP contribution in [0.5, 0.6) is 0 Å². The van der Waals surface area contributed by atoms with E-state index >= 15 is 0 Å². The second-order valence-corrected chi connectivity index (χ2v) is 9.48. The van der Waals surface area contributed by atoms with Crippen molar-refractivity contribution in [2.24, 2.45) is 11.1 Å². The van der Waals surface area contributed by atoms with Gasteiger partial charge in [0, 0.05) is 11.3 Å². The number of esters is 1. The Morgan fingerprint density at radius 1 is 1.00 bits per heavy atom. The molecule has 0 bridgehead atoms. The average molecular weight is 476 g/mol. The maximum Gasteiger partial charge on any atom is 0.329 e. The molecule has 33 heavy (non-hydrogen) atoms. The summed E-state index contributed by atoms with van der Waals surface area (Å²) < 4.78 is 28.1. The van der Waals surface area contributed by atoms with Gasteiger partial charge in [-0.15, -0.1) is 0 Å². The minimum atomic E-state index is -3.85. The third-order valence-electron chi connectivity index (χ3n) is 4.70. The number of carbonyl (C=O) groups excluding carboxylic acids is 3. The normalized spacial score (nSPS) is 13.1. The number of primary sulfonamides is 1. The van der Waals surface area contributed by atoms with Gasteiger partial charge in [-0.25, -0.2) is 18.4 Å². The molecular weight excluding hydrogens is 446 g/mol. The molecule has 0 aliphatic carbocycles. The van der Waals surface area contributed by atoms with Crippen molar-refractivity contribution in [1.82, 2.24) is 5.32 Å². The first-order valence-corrected chi connectivity index (χ1v) is 12.1. The lowest BCUT2D eigenvalue weighted by atomic mass is 10.0. The topological polar surface area (TPSA) is 145 Å². The predicted molar refractivity (Wildman–Crippen MR) is 124 cm³/mol. The van der Waals surface area contributed by atoms with Crippen molar-refractivity contribution in [3.8, 4) is 0 Å². The van der Waals surface area contributed by atoms with Crippen LogP contribution in [0.2, 0.25) is 0 Å². The third kappa shape index (κ3) is 7.99. The van der Waals surface area contributed by atoms with Gasteiger partial charge in [-0.2, -0.15) is 0 Å². The molecule has 4 N–H and O–H groups in total. The molecule has 2 amide bonds. The largest absolute Gasteiger partial charge is 0.451 e. The number of hydrogen-bond donors (Lipinski definition) is 3. The maximum atomic E-state index is 12.8. The van der Waals surface area contributed by atoms with Gasteiger partial charge in [0.2, 0.25) is 10.0 Å². The third-order valence-corrected chi connectivity index (χ3v) is 5.63. The van der Waals surface area contributed by atoms with E-state index in [9.17, 15) is 22.8 Å². The van der Waals surface area contributed by atoms with E-state index in [1.807, 2.05) is 13.8 Å². The van der Waals surface area contributed by atoms with Gasteiger partial charge >= 0.3 is 5.97 Å². The first-order chi connectivity index (χ1) is 15.5. The minimum Gasteiger partial charge on any atom is -0.451 e. The van der Waals surface area contributed by atoms with E-state index in [1.165, 1.54) is 24.3 Å². The molecule has 0 spiro atoms. The second-order valence-electron chi connectivity index (χ2n) is 7.91. The van der Waals surface area contributed by atoms with Crippen molar-refractivity contribution >= 4 is 33.5 Å². The fourth-order valence-electron chi connectivity index (χ4n) is 3.01. The zero-order valence-electron chi connectivity index (χ0n) is 18.8. The van der Waals surface area contributed by atoms with Crippen molar-refractivity contribution in [2.45, 2.75) is 50.7 Å². The molecule has 2 rings (SSSR count). The average Bonchev–Trinajstić information content (AvgIpc) is 2.76. The molecule has 0 aromatic heterocycles. The highest BCUT2D eigenvalue weighted by Gasteiger charge is 2.29. The van der Waals surface area contributed by atoms with Crippen LogP contribution in [-0.4, -0.2) is 38.3 Å². The van der Waals surface area contributed by atoms with E-state index in [0.29, 0.717) is 17.7 Å². The molecule has 9 nitrogen and oxygen atoms in total. The molecule has 0 fully saturated rings. The summed E-state index contributed by atoms with van der Waals surface area (Å²) in [7, 11) is -3.85. The van der Waals surface area contributed by atoms with E-state index in [2.05, 4.69) is 10.6 Å². The van der Waals surface area contributed by atoms with Crippen molar-refractivity contribution in [2.75, 3.05) is 5.32 Å². The van der Waals surface area contributed by atoms with Gasteiger partial charge in [-0.3, -0.25) is 9.59 Å². The summed E-state index contributed by atoms with van der Waals surface area (Å²) in [5.41, 5.74) is 0.727. The second kappa shape index (κ2) is 11.6. The van der Waals surface area contributed by atoms with E-state index in [1.54, 1.807) is 37.3 Å². The highest BCUT2D eigenvalue weighted by Crippen LogP contribution is 2.15. The highest BCUT2D eigenvalue weighted by molar-refractivity contribution is 7.89. The number of amides is 2. The lowest BCUT2D eigenvalue weighted by Gasteiger charge is -2.23. The molecule has 2 aromatic carbocycles. The van der Waals surface area contributed by atoms with Crippen molar-refractivity contribution in [3.05, 3.63) is 60.2 Å². The van der Waals surface area contributed by atoms with E-state index in [4.69, 9.17) is 9.88 Å². The molecule has 10 heteroatoms. The summed E-state index contributed by atoms with van der Waals surface area (Å²) in [6, 6.07) is 12.9. The van der Waals surface area contributed by atoms with Crippen LogP contribution in [0.3, 0.4) is 0 Å². The van der Waals surface area contributed by atoms with Crippen LogP contribution < -0.4 is 15.8 Å². The number of benzene rings is 2. The van der Waals surface area contributed by atoms with Gasteiger partial charge in [-0.1, -0.05) is 39.0 Å². The number of nitrogens with one attached hydrogen (secondary N) is 2. The first kappa shape index (κ1) is 26.0. The SMILES string of the molecule is CCC(OC(=O)C(CC(C)C)NC(=O)c1ccccc1)C(=O)Nc1ccc(S(N)(=O)=O)cc1. The molecular formula is C23H29N3O6S. The zero-order valence-corrected chi connectivity index (χ0v) is 19.6. The van der Waals surface area contributed by atoms with Crippen LogP contribution in [0.1, 0.15) is 44.0 Å². The monoisotopic (exact) mass is 475 g/mol. The molecule has 0 radical (unpaired) electrons. The van der Waals surface area contributed by atoms with Gasteiger partial charge < -0.3 is 15.4 Å². The van der Waals surface area contributed by atoms with Crippen molar-refractivity contribution in [1.29, 1.82) is 0 Å². The Labute approximate surface area is 193 Å². The van der Waals surface area contributed by atoms with E-state index in [-0.39, 0.29) is 17.2 Å². The molecule has 2 aromatic rings. The van der Waals surface area contributed by atoms with Gasteiger partial charge in [0.1, 0.15) is 6.04 Å². The predicted octanol–water partition coefficient (Wildman–Crippen LogP) is 2.44. The van der Waals surface area contributed by atoms with Gasteiger partial charge in [0.15, 0.2) is 6.10 Å². The number of sulfonamides is 1. The number of anilines is 1. The van der Waals surface area contributed by atoms with Gasteiger partial charge in [-0.05, 0) is 55.2 Å². The Kier molecular flexibility index (Phi) is 9.12. The Balaban J connectivity index is 2.07. The van der Waals surface area contributed by atoms with Gasteiger partial charge in [0.05, 0.1) is 4.90 Å². The molecule has 0 aliphatic rings. The molecule has 178 valence electrons. The van der Waals surface area contributed by atoms with Crippen LogP contribution in [0.25, 0.3) is 0 Å². The maximum absolute atomic E-state index is 12.8. The Morgan fingerprint density at radius 3 is 2.12 bits per heavy atom. The summed E-state index contributed by atoms with van der Waals surface area (Å²) in [4.78, 5) is 37.9. The first-order valence-electron chi connectivity index (χ1n) is 10.5. The van der Waals surface area contributed by atoms with Crippen LogP contribution in [0.4, 0.5) is 5.69 Å². The number of rotatable bonds is 10. The summed E-state index contributed by atoms with van der Waals surface area (Å²) >= 11 is 0. The van der Waals surface area contributed by atoms with Crippen molar-refractivity contribution < 1.29 is 27.5 Å². The van der Waals surface area contributed by atoms with Crippen LogP contribution in [0.15, 0.2) is 59.5 Å². The Hall–Kier alpha value is -3.24. The molecule has 0 saturated carbocycles. The number of hydrogen-bond acceptors (Lipinski definition) is 6. The summed E-state index contributed by atoms with van der Waals surface area (Å²) in [6.07, 6.45) is -0.558. The van der Waals surface area contributed by atoms with Crippen molar-refractivity contribution in [3.63, 3.8) is 0 Å². The fraction of sp³-hybridized carbons (Fsp3) is 0.348. The number of nitrogens with two attached hydrogens (primary N) is 1. The van der Waals surface area contributed by atoms with Gasteiger partial charge in [0.25, 0.3) is 11.8 Å². The number of ether oxygens (including phenoxy) is 1. The fourth-order valence-corrected chi connectivity index (χ4v) is 3.53. The summed E-state index contributed by atoms with van der Waals surface area (Å²) in [5, 5.41) is 10.3. The lowest BCUT2D eigenvalue weighted by molar-refractivity contribution is -0.156. The molecule has 2 unspecified atom stereocenters. The molecule has 0 saturated heterocycles. The summed E-state index contributed by atoms with van der Waals surface area (Å²) in [5.74, 6) is -1.61. The van der Waals surface area contributed by atoms with Crippen LogP contribution in [-0.2, 0) is 24.3 Å². The van der Waals surface area contributed by atoms with Crippen LogP contribution >= 0.6 is 0 Å². The standard InChI is InChI=1S/C23H29N3O6S/c1-4-20(22(28)25-17-10-12-18(13-11-17)33(24,30)31)32-23(29)19(14-15(2)3)26-21(27)16-8-6-5-7-9-16/h5-13,15,19-20H,4,14H2,1-3H3,(H,25,28)(H,26,27)(H2,24,30,31). The molecule has 2 atom stereocenters. The zero-order chi connectivity index (χ0) is 24.6. The Bertz CT molecular complexity index is 1070. The quantitative estimate of drug-likeness (QED) is 0.450. The smallest absolute Gasteiger partial charge is 0.329 e. The Morgan fingerprint density at radius 2 is 1.61 bits per heavy atom.